The number of aryl methyl sites for hydroxylation is 1. The first-order valence-electron chi connectivity index (χ1n) is 6.34. The molecule has 0 unspecified atom stereocenters. The number of hydrogen-bond donors (Lipinski definition) is 0. The first-order valence-corrected chi connectivity index (χ1v) is 7.13. The van der Waals surface area contributed by atoms with Gasteiger partial charge in [0.1, 0.15) is 12.4 Å². The fourth-order valence-electron chi connectivity index (χ4n) is 1.84. The maximum atomic E-state index is 13.7. The summed E-state index contributed by atoms with van der Waals surface area (Å²) >= 11 is 3.16. The summed E-state index contributed by atoms with van der Waals surface area (Å²) < 4.78 is 20.8. The van der Waals surface area contributed by atoms with Crippen molar-refractivity contribution in [2.75, 3.05) is 0 Å². The van der Waals surface area contributed by atoms with Crippen molar-refractivity contribution in [3.63, 3.8) is 0 Å². The topological polar surface area (TPSA) is 69.4 Å². The lowest BCUT2D eigenvalue weighted by atomic mass is 10.2. The number of ether oxygens (including phenoxy) is 1. The highest BCUT2D eigenvalue weighted by molar-refractivity contribution is 9.10. The number of hydrogen-bond acceptors (Lipinski definition) is 5. The van der Waals surface area contributed by atoms with Gasteiger partial charge in [0.15, 0.2) is 0 Å². The van der Waals surface area contributed by atoms with Crippen molar-refractivity contribution in [1.29, 1.82) is 0 Å². The summed E-state index contributed by atoms with van der Waals surface area (Å²) in [7, 11) is 0. The molecule has 3 rings (SSSR count). The van der Waals surface area contributed by atoms with Gasteiger partial charge in [0, 0.05) is 21.9 Å². The first kappa shape index (κ1) is 14.6. The molecule has 0 N–H and O–H groups in total. The van der Waals surface area contributed by atoms with Crippen molar-refractivity contribution in [3.8, 4) is 0 Å². The monoisotopic (exact) mass is 364 g/mol. The van der Waals surface area contributed by atoms with Gasteiger partial charge in [-0.05, 0) is 25.1 Å². The molecule has 0 spiro atoms. The van der Waals surface area contributed by atoms with Gasteiger partial charge in [0.2, 0.25) is 0 Å². The van der Waals surface area contributed by atoms with E-state index in [1.54, 1.807) is 18.3 Å². The van der Waals surface area contributed by atoms with Crippen molar-refractivity contribution in [1.82, 2.24) is 19.6 Å². The van der Waals surface area contributed by atoms with Gasteiger partial charge in [-0.15, -0.1) is 5.10 Å². The Bertz CT molecular complexity index is 865. The van der Waals surface area contributed by atoms with Gasteiger partial charge < -0.3 is 4.74 Å². The average molecular weight is 365 g/mol. The second kappa shape index (κ2) is 5.80. The third-order valence-corrected chi connectivity index (χ3v) is 3.48. The molecule has 0 saturated heterocycles. The SMILES string of the molecule is Cc1ccnc2nc(C(=O)OCc3ccc(Br)cc3F)nn12. The fourth-order valence-corrected chi connectivity index (χ4v) is 2.17. The molecule has 0 radical (unpaired) electrons. The van der Waals surface area contributed by atoms with E-state index in [4.69, 9.17) is 4.74 Å². The first-order chi connectivity index (χ1) is 10.5. The largest absolute Gasteiger partial charge is 0.455 e. The van der Waals surface area contributed by atoms with Crippen LogP contribution in [0.25, 0.3) is 5.78 Å². The van der Waals surface area contributed by atoms with E-state index in [1.807, 2.05) is 6.92 Å². The molecular formula is C14H10BrFN4O2. The van der Waals surface area contributed by atoms with Gasteiger partial charge in [-0.2, -0.15) is 4.98 Å². The van der Waals surface area contributed by atoms with Gasteiger partial charge >= 0.3 is 5.97 Å². The fraction of sp³-hybridized carbons (Fsp3) is 0.143. The molecule has 22 heavy (non-hydrogen) atoms. The second-order valence-electron chi connectivity index (χ2n) is 4.55. The molecule has 0 bridgehead atoms. The minimum Gasteiger partial charge on any atom is -0.455 e. The van der Waals surface area contributed by atoms with Crippen molar-refractivity contribution >= 4 is 27.7 Å². The zero-order valence-electron chi connectivity index (χ0n) is 11.5. The molecule has 8 heteroatoms. The van der Waals surface area contributed by atoms with E-state index < -0.39 is 11.8 Å². The van der Waals surface area contributed by atoms with Crippen molar-refractivity contribution in [2.24, 2.45) is 0 Å². The van der Waals surface area contributed by atoms with Crippen LogP contribution in [0, 0.1) is 12.7 Å². The van der Waals surface area contributed by atoms with Crippen LogP contribution < -0.4 is 0 Å². The molecule has 1 aromatic carbocycles. The molecule has 2 aromatic heterocycles. The highest BCUT2D eigenvalue weighted by Gasteiger charge is 2.16. The van der Waals surface area contributed by atoms with Crippen molar-refractivity contribution < 1.29 is 13.9 Å². The van der Waals surface area contributed by atoms with E-state index >= 15 is 0 Å². The third-order valence-electron chi connectivity index (χ3n) is 2.99. The quantitative estimate of drug-likeness (QED) is 0.668. The number of carbonyl (C=O) groups excluding carboxylic acids is 1. The molecule has 0 aliphatic carbocycles. The Labute approximate surface area is 133 Å². The minimum absolute atomic E-state index is 0.112. The van der Waals surface area contributed by atoms with Gasteiger partial charge in [0.05, 0.1) is 0 Å². The smallest absolute Gasteiger partial charge is 0.378 e. The summed E-state index contributed by atoms with van der Waals surface area (Å²) in [6.45, 7) is 1.62. The Morgan fingerprint density at radius 3 is 2.95 bits per heavy atom. The van der Waals surface area contributed by atoms with E-state index in [0.29, 0.717) is 10.3 Å². The van der Waals surface area contributed by atoms with Gasteiger partial charge in [-0.1, -0.05) is 22.0 Å². The Morgan fingerprint density at radius 1 is 1.41 bits per heavy atom. The van der Waals surface area contributed by atoms with Crippen molar-refractivity contribution in [3.05, 3.63) is 57.8 Å². The van der Waals surface area contributed by atoms with Crippen LogP contribution in [-0.4, -0.2) is 25.6 Å². The molecule has 0 amide bonds. The summed E-state index contributed by atoms with van der Waals surface area (Å²) in [6, 6.07) is 6.26. The number of nitrogens with zero attached hydrogens (tertiary/aromatic N) is 4. The summed E-state index contributed by atoms with van der Waals surface area (Å²) in [4.78, 5) is 19.9. The second-order valence-corrected chi connectivity index (χ2v) is 5.46. The molecule has 3 aromatic rings. The molecule has 6 nitrogen and oxygen atoms in total. The number of fused-ring (bicyclic) bond motifs is 1. The standard InChI is InChI=1S/C14H10BrFN4O2/c1-8-4-5-17-14-18-12(19-20(8)14)13(21)22-7-9-2-3-10(15)6-11(9)16/h2-6H,7H2,1H3. The predicted octanol–water partition coefficient (Wildman–Crippen LogP) is 2.69. The predicted molar refractivity (Wildman–Crippen MR) is 78.7 cm³/mol. The van der Waals surface area contributed by atoms with Gasteiger partial charge in [-0.25, -0.2) is 18.7 Å². The molecule has 0 aliphatic heterocycles. The average Bonchev–Trinajstić information content (AvgIpc) is 2.92. The number of benzene rings is 1. The van der Waals surface area contributed by atoms with E-state index in [1.165, 1.54) is 16.6 Å². The maximum Gasteiger partial charge on any atom is 0.378 e. The van der Waals surface area contributed by atoms with E-state index in [0.717, 1.165) is 5.69 Å². The number of halogens is 2. The summed E-state index contributed by atoms with van der Waals surface area (Å²) in [5, 5.41) is 4.03. The number of carbonyl (C=O) groups is 1. The van der Waals surface area contributed by atoms with Gasteiger partial charge in [0.25, 0.3) is 11.6 Å². The molecule has 2 heterocycles. The summed E-state index contributed by atoms with van der Waals surface area (Å²) in [5.41, 5.74) is 1.06. The van der Waals surface area contributed by atoms with Crippen molar-refractivity contribution in [2.45, 2.75) is 13.5 Å². The zero-order chi connectivity index (χ0) is 15.7. The number of aromatic nitrogens is 4. The molecule has 0 saturated carbocycles. The Morgan fingerprint density at radius 2 is 2.23 bits per heavy atom. The zero-order valence-corrected chi connectivity index (χ0v) is 13.0. The van der Waals surface area contributed by atoms with E-state index in [2.05, 4.69) is 31.0 Å². The molecule has 0 fully saturated rings. The lowest BCUT2D eigenvalue weighted by molar-refractivity contribution is 0.0454. The van der Waals surface area contributed by atoms with Crippen LogP contribution in [0.5, 0.6) is 0 Å². The lowest BCUT2D eigenvalue weighted by Crippen LogP contribution is -2.08. The Kier molecular flexibility index (Phi) is 3.84. The van der Waals surface area contributed by atoms with Gasteiger partial charge in [-0.3, -0.25) is 0 Å². The van der Waals surface area contributed by atoms with E-state index in [9.17, 15) is 9.18 Å². The maximum absolute atomic E-state index is 13.7. The van der Waals surface area contributed by atoms with Crippen LogP contribution in [0.4, 0.5) is 4.39 Å². The van der Waals surface area contributed by atoms with Crippen LogP contribution in [0.2, 0.25) is 0 Å². The van der Waals surface area contributed by atoms with Crippen LogP contribution in [0.15, 0.2) is 34.9 Å². The number of esters is 1. The van der Waals surface area contributed by atoms with Crippen LogP contribution >= 0.6 is 15.9 Å². The highest BCUT2D eigenvalue weighted by atomic mass is 79.9. The van der Waals surface area contributed by atoms with Crippen LogP contribution in [0.3, 0.4) is 0 Å². The van der Waals surface area contributed by atoms with E-state index in [-0.39, 0.29) is 18.0 Å². The molecule has 112 valence electrons. The summed E-state index contributed by atoms with van der Waals surface area (Å²) in [5.74, 6) is -0.990. The normalized spacial score (nSPS) is 10.9. The third kappa shape index (κ3) is 2.82. The Hall–Kier alpha value is -2.35. The summed E-state index contributed by atoms with van der Waals surface area (Å²) in [6.07, 6.45) is 1.58. The highest BCUT2D eigenvalue weighted by Crippen LogP contribution is 2.16. The van der Waals surface area contributed by atoms with Crippen LogP contribution in [0.1, 0.15) is 21.9 Å². The Balaban J connectivity index is 1.77. The number of rotatable bonds is 3. The molecule has 0 aliphatic rings. The lowest BCUT2D eigenvalue weighted by Gasteiger charge is -2.04. The molecular weight excluding hydrogens is 355 g/mol. The van der Waals surface area contributed by atoms with Crippen LogP contribution in [-0.2, 0) is 11.3 Å². The molecule has 0 atom stereocenters. The minimum atomic E-state index is -0.729.